The van der Waals surface area contributed by atoms with Crippen LogP contribution in [0.2, 0.25) is 0 Å². The normalized spacial score (nSPS) is 11.1. The maximum atomic E-state index is 10.9. The molecule has 7 heteroatoms. The number of nitrogens with zero attached hydrogens (tertiary/aromatic N) is 3. The van der Waals surface area contributed by atoms with Gasteiger partial charge in [-0.2, -0.15) is 4.98 Å². The Morgan fingerprint density at radius 3 is 3.00 bits per heavy atom. The van der Waals surface area contributed by atoms with Crippen molar-refractivity contribution in [1.29, 1.82) is 0 Å². The molecular formula is C11H14N4O3. The standard InChI is InChI=1S/C11H14N4O3/c1-6(2)3-4-7-14-10(18-15-7)8-9(11(16)17)13-5-12-8/h5-6H,3-4H2,1-2H3,(H,12,13)(H,16,17). The number of aromatic nitrogens is 4. The van der Waals surface area contributed by atoms with Gasteiger partial charge >= 0.3 is 5.97 Å². The van der Waals surface area contributed by atoms with Crippen molar-refractivity contribution in [1.82, 2.24) is 20.1 Å². The molecule has 7 nitrogen and oxygen atoms in total. The highest BCUT2D eigenvalue weighted by molar-refractivity contribution is 5.91. The van der Waals surface area contributed by atoms with Crippen LogP contribution in [0.3, 0.4) is 0 Å². The number of carboxylic acid groups (broad SMARTS) is 1. The molecule has 2 N–H and O–H groups in total. The molecule has 0 spiro atoms. The number of aromatic amines is 1. The van der Waals surface area contributed by atoms with Gasteiger partial charge in [0.2, 0.25) is 0 Å². The average Bonchev–Trinajstić information content (AvgIpc) is 2.94. The molecule has 0 aliphatic heterocycles. The molecule has 0 amide bonds. The third-order valence-corrected chi connectivity index (χ3v) is 2.47. The van der Waals surface area contributed by atoms with Gasteiger partial charge in [-0.25, -0.2) is 9.78 Å². The van der Waals surface area contributed by atoms with E-state index in [1.165, 1.54) is 6.33 Å². The second kappa shape index (κ2) is 4.99. The molecule has 2 aromatic heterocycles. The zero-order chi connectivity index (χ0) is 13.1. The Labute approximate surface area is 103 Å². The summed E-state index contributed by atoms with van der Waals surface area (Å²) in [5.41, 5.74) is 0.125. The third kappa shape index (κ3) is 2.55. The fraction of sp³-hybridized carbons (Fsp3) is 0.455. The van der Waals surface area contributed by atoms with Crippen molar-refractivity contribution in [2.75, 3.05) is 0 Å². The Hall–Kier alpha value is -2.18. The number of aromatic carboxylic acids is 1. The van der Waals surface area contributed by atoms with Crippen LogP contribution in [0.25, 0.3) is 11.6 Å². The average molecular weight is 250 g/mol. The molecule has 18 heavy (non-hydrogen) atoms. The minimum atomic E-state index is -1.13. The molecule has 0 saturated heterocycles. The van der Waals surface area contributed by atoms with E-state index >= 15 is 0 Å². The highest BCUT2D eigenvalue weighted by atomic mass is 16.5. The van der Waals surface area contributed by atoms with Crippen LogP contribution in [0, 0.1) is 5.92 Å². The van der Waals surface area contributed by atoms with Gasteiger partial charge in [0.1, 0.15) is 5.69 Å². The molecule has 2 heterocycles. The van der Waals surface area contributed by atoms with Crippen molar-refractivity contribution < 1.29 is 14.4 Å². The first-order valence-electron chi connectivity index (χ1n) is 5.67. The maximum absolute atomic E-state index is 10.9. The summed E-state index contributed by atoms with van der Waals surface area (Å²) >= 11 is 0. The van der Waals surface area contributed by atoms with Crippen LogP contribution in [0.5, 0.6) is 0 Å². The number of nitrogens with one attached hydrogen (secondary N) is 1. The predicted octanol–water partition coefficient (Wildman–Crippen LogP) is 1.75. The molecule has 96 valence electrons. The maximum Gasteiger partial charge on any atom is 0.356 e. The number of hydrogen-bond donors (Lipinski definition) is 2. The number of H-pyrrole nitrogens is 1. The van der Waals surface area contributed by atoms with E-state index in [2.05, 4.69) is 34.0 Å². The fourth-order valence-corrected chi connectivity index (χ4v) is 1.49. The van der Waals surface area contributed by atoms with Crippen LogP contribution in [-0.2, 0) is 6.42 Å². The molecule has 0 radical (unpaired) electrons. The van der Waals surface area contributed by atoms with Crippen LogP contribution in [0.4, 0.5) is 0 Å². The summed E-state index contributed by atoms with van der Waals surface area (Å²) in [4.78, 5) is 21.4. The number of carbonyl (C=O) groups is 1. The molecule has 0 bridgehead atoms. The molecule has 0 aromatic carbocycles. The van der Waals surface area contributed by atoms with Crippen molar-refractivity contribution in [3.05, 3.63) is 17.8 Å². The summed E-state index contributed by atoms with van der Waals surface area (Å²) in [5, 5.41) is 12.7. The minimum absolute atomic E-state index is 0.117. The predicted molar refractivity (Wildman–Crippen MR) is 62.0 cm³/mol. The van der Waals surface area contributed by atoms with Gasteiger partial charge in [0.15, 0.2) is 11.5 Å². The summed E-state index contributed by atoms with van der Waals surface area (Å²) < 4.78 is 5.04. The Morgan fingerprint density at radius 1 is 1.56 bits per heavy atom. The first kappa shape index (κ1) is 12.3. The highest BCUT2D eigenvalue weighted by Crippen LogP contribution is 2.19. The lowest BCUT2D eigenvalue weighted by molar-refractivity contribution is 0.0691. The van der Waals surface area contributed by atoms with E-state index in [0.717, 1.165) is 6.42 Å². The zero-order valence-corrected chi connectivity index (χ0v) is 10.2. The van der Waals surface area contributed by atoms with Crippen LogP contribution in [0.15, 0.2) is 10.9 Å². The van der Waals surface area contributed by atoms with Gasteiger partial charge in [-0.3, -0.25) is 0 Å². The second-order valence-corrected chi connectivity index (χ2v) is 4.38. The Balaban J connectivity index is 2.19. The van der Waals surface area contributed by atoms with Crippen LogP contribution >= 0.6 is 0 Å². The van der Waals surface area contributed by atoms with E-state index < -0.39 is 5.97 Å². The smallest absolute Gasteiger partial charge is 0.356 e. The number of aryl methyl sites for hydroxylation is 1. The summed E-state index contributed by atoms with van der Waals surface area (Å²) in [7, 11) is 0. The topological polar surface area (TPSA) is 105 Å². The van der Waals surface area contributed by atoms with Crippen LogP contribution < -0.4 is 0 Å². The largest absolute Gasteiger partial charge is 0.476 e. The molecule has 0 aliphatic carbocycles. The molecule has 0 atom stereocenters. The van der Waals surface area contributed by atoms with E-state index in [1.807, 2.05) is 0 Å². The zero-order valence-electron chi connectivity index (χ0n) is 10.2. The third-order valence-electron chi connectivity index (χ3n) is 2.47. The molecule has 0 aliphatic rings. The summed E-state index contributed by atoms with van der Waals surface area (Å²) in [6.07, 6.45) is 2.95. The van der Waals surface area contributed by atoms with Gasteiger partial charge in [0.05, 0.1) is 6.33 Å². The molecule has 0 saturated carbocycles. The highest BCUT2D eigenvalue weighted by Gasteiger charge is 2.20. The molecule has 2 aromatic rings. The molecule has 0 unspecified atom stereocenters. The summed E-state index contributed by atoms with van der Waals surface area (Å²) in [6.45, 7) is 4.22. The Morgan fingerprint density at radius 2 is 2.33 bits per heavy atom. The van der Waals surface area contributed by atoms with Gasteiger partial charge in [-0.1, -0.05) is 19.0 Å². The van der Waals surface area contributed by atoms with E-state index in [0.29, 0.717) is 18.2 Å². The monoisotopic (exact) mass is 250 g/mol. The lowest BCUT2D eigenvalue weighted by Gasteiger charge is -1.98. The lowest BCUT2D eigenvalue weighted by Crippen LogP contribution is -1.99. The van der Waals surface area contributed by atoms with Crippen molar-refractivity contribution >= 4 is 5.97 Å². The van der Waals surface area contributed by atoms with E-state index in [-0.39, 0.29) is 17.3 Å². The quantitative estimate of drug-likeness (QED) is 0.837. The van der Waals surface area contributed by atoms with Crippen molar-refractivity contribution in [3.63, 3.8) is 0 Å². The fourth-order valence-electron chi connectivity index (χ4n) is 1.49. The van der Waals surface area contributed by atoms with Crippen molar-refractivity contribution in [3.8, 4) is 11.6 Å². The van der Waals surface area contributed by atoms with Crippen molar-refractivity contribution in [2.24, 2.45) is 5.92 Å². The SMILES string of the molecule is CC(C)CCc1noc(-c2[nH]cnc2C(=O)O)n1. The van der Waals surface area contributed by atoms with Crippen molar-refractivity contribution in [2.45, 2.75) is 26.7 Å². The van der Waals surface area contributed by atoms with Gasteiger partial charge in [0.25, 0.3) is 5.89 Å². The van der Waals surface area contributed by atoms with Gasteiger partial charge in [-0.15, -0.1) is 0 Å². The molecule has 2 rings (SSSR count). The molecular weight excluding hydrogens is 236 g/mol. The van der Waals surface area contributed by atoms with Gasteiger partial charge in [-0.05, 0) is 12.3 Å². The minimum Gasteiger partial charge on any atom is -0.476 e. The molecule has 0 fully saturated rings. The number of carboxylic acids is 1. The number of hydrogen-bond acceptors (Lipinski definition) is 5. The van der Waals surface area contributed by atoms with Gasteiger partial charge < -0.3 is 14.6 Å². The first-order valence-corrected chi connectivity index (χ1v) is 5.67. The lowest BCUT2D eigenvalue weighted by atomic mass is 10.1. The second-order valence-electron chi connectivity index (χ2n) is 4.38. The van der Waals surface area contributed by atoms with E-state index in [1.54, 1.807) is 0 Å². The number of imidazole rings is 1. The van der Waals surface area contributed by atoms with E-state index in [9.17, 15) is 4.79 Å². The Bertz CT molecular complexity index is 544. The first-order chi connectivity index (χ1) is 8.58. The summed E-state index contributed by atoms with van der Waals surface area (Å²) in [6, 6.07) is 0. The van der Waals surface area contributed by atoms with E-state index in [4.69, 9.17) is 9.63 Å². The summed E-state index contributed by atoms with van der Waals surface area (Å²) in [5.74, 6) is 0.148. The van der Waals surface area contributed by atoms with Gasteiger partial charge in [0, 0.05) is 6.42 Å². The van der Waals surface area contributed by atoms with Crippen LogP contribution in [0.1, 0.15) is 36.6 Å². The number of rotatable bonds is 5. The van der Waals surface area contributed by atoms with Crippen LogP contribution in [-0.4, -0.2) is 31.2 Å². The Kier molecular flexibility index (Phi) is 3.40.